The Morgan fingerprint density at radius 1 is 1.50 bits per heavy atom. The van der Waals surface area contributed by atoms with Crippen molar-refractivity contribution in [2.24, 2.45) is 0 Å². The molecule has 0 fully saturated rings. The first-order valence-corrected chi connectivity index (χ1v) is 5.60. The van der Waals surface area contributed by atoms with Crippen LogP contribution in [0.5, 0.6) is 0 Å². The lowest BCUT2D eigenvalue weighted by Gasteiger charge is -2.13. The Morgan fingerprint density at radius 2 is 2.12 bits per heavy atom. The van der Waals surface area contributed by atoms with E-state index in [1.165, 1.54) is 11.0 Å². The van der Waals surface area contributed by atoms with Crippen molar-refractivity contribution in [3.8, 4) is 0 Å². The number of carbonyl (C=O) groups excluding carboxylic acids is 1. The van der Waals surface area contributed by atoms with Gasteiger partial charge < -0.3 is 10.2 Å². The van der Waals surface area contributed by atoms with Crippen molar-refractivity contribution >= 4 is 27.5 Å². The molecular weight excluding hydrogens is 275 g/mol. The number of hydrogen-bond acceptors (Lipinski definition) is 2. The van der Waals surface area contributed by atoms with Crippen LogP contribution in [-0.2, 0) is 4.79 Å². The molecule has 0 spiro atoms. The number of benzene rings is 1. The summed E-state index contributed by atoms with van der Waals surface area (Å²) in [5.74, 6) is -0.395. The number of anilines is 1. The van der Waals surface area contributed by atoms with Gasteiger partial charge in [0.15, 0.2) is 0 Å². The number of amides is 1. The molecule has 0 aromatic heterocycles. The predicted molar refractivity (Wildman–Crippen MR) is 66.0 cm³/mol. The molecule has 16 heavy (non-hydrogen) atoms. The van der Waals surface area contributed by atoms with Gasteiger partial charge in [-0.3, -0.25) is 4.79 Å². The second-order valence-electron chi connectivity index (χ2n) is 3.72. The lowest BCUT2D eigenvalue weighted by Crippen LogP contribution is -2.28. The lowest BCUT2D eigenvalue weighted by molar-refractivity contribution is -0.126. The topological polar surface area (TPSA) is 32.3 Å². The van der Waals surface area contributed by atoms with Gasteiger partial charge in [0.1, 0.15) is 5.82 Å². The van der Waals surface area contributed by atoms with E-state index in [0.717, 1.165) is 5.56 Å². The highest BCUT2D eigenvalue weighted by atomic mass is 79.9. The van der Waals surface area contributed by atoms with Crippen LogP contribution in [0.25, 0.3) is 0 Å². The van der Waals surface area contributed by atoms with Crippen LogP contribution in [0, 0.1) is 12.7 Å². The van der Waals surface area contributed by atoms with Crippen molar-refractivity contribution in [3.05, 3.63) is 28.0 Å². The molecule has 0 aliphatic rings. The molecule has 0 bridgehead atoms. The van der Waals surface area contributed by atoms with E-state index in [2.05, 4.69) is 21.2 Å². The average molecular weight is 289 g/mol. The third-order valence-electron chi connectivity index (χ3n) is 2.20. The van der Waals surface area contributed by atoms with Gasteiger partial charge in [0.2, 0.25) is 5.91 Å². The zero-order valence-electron chi connectivity index (χ0n) is 9.47. The fourth-order valence-electron chi connectivity index (χ4n) is 1.17. The molecule has 1 aromatic rings. The van der Waals surface area contributed by atoms with Gasteiger partial charge in [0.25, 0.3) is 0 Å². The van der Waals surface area contributed by atoms with Crippen LogP contribution >= 0.6 is 15.9 Å². The lowest BCUT2D eigenvalue weighted by atomic mass is 10.2. The van der Waals surface area contributed by atoms with Crippen LogP contribution < -0.4 is 5.32 Å². The molecular formula is C11H14BrFN2O. The third-order valence-corrected chi connectivity index (χ3v) is 2.80. The molecule has 0 saturated carbocycles. The van der Waals surface area contributed by atoms with E-state index in [4.69, 9.17) is 0 Å². The van der Waals surface area contributed by atoms with Crippen molar-refractivity contribution in [3.63, 3.8) is 0 Å². The molecule has 5 heteroatoms. The smallest absolute Gasteiger partial charge is 0.241 e. The maximum Gasteiger partial charge on any atom is 0.241 e. The van der Waals surface area contributed by atoms with E-state index in [1.54, 1.807) is 20.2 Å². The number of halogens is 2. The highest BCUT2D eigenvalue weighted by molar-refractivity contribution is 9.10. The Balaban J connectivity index is 2.75. The number of nitrogens with zero attached hydrogens (tertiary/aromatic N) is 1. The second-order valence-corrected chi connectivity index (χ2v) is 4.58. The number of rotatable bonds is 3. The number of likely N-dealkylation sites (N-methyl/N-ethyl adjacent to an activating group) is 1. The van der Waals surface area contributed by atoms with E-state index in [0.29, 0.717) is 10.2 Å². The largest absolute Gasteiger partial charge is 0.376 e. The van der Waals surface area contributed by atoms with Crippen molar-refractivity contribution in [2.75, 3.05) is 26.0 Å². The summed E-state index contributed by atoms with van der Waals surface area (Å²) in [6.07, 6.45) is 0. The molecule has 0 radical (unpaired) electrons. The molecule has 3 nitrogen and oxygen atoms in total. The maximum atomic E-state index is 13.3. The first-order valence-electron chi connectivity index (χ1n) is 4.81. The number of nitrogens with one attached hydrogen (secondary N) is 1. The summed E-state index contributed by atoms with van der Waals surface area (Å²) in [6, 6.07) is 3.06. The van der Waals surface area contributed by atoms with E-state index < -0.39 is 0 Å². The van der Waals surface area contributed by atoms with Crippen molar-refractivity contribution in [1.29, 1.82) is 0 Å². The molecule has 1 amide bonds. The monoisotopic (exact) mass is 288 g/mol. The van der Waals surface area contributed by atoms with Crippen molar-refractivity contribution in [1.82, 2.24) is 4.90 Å². The molecule has 88 valence electrons. The quantitative estimate of drug-likeness (QED) is 0.926. The van der Waals surface area contributed by atoms with Gasteiger partial charge in [-0.15, -0.1) is 0 Å². The summed E-state index contributed by atoms with van der Waals surface area (Å²) < 4.78 is 13.7. The molecule has 0 aliphatic heterocycles. The first-order chi connectivity index (χ1) is 7.41. The van der Waals surface area contributed by atoms with Gasteiger partial charge in [-0.25, -0.2) is 4.39 Å². The Kier molecular flexibility index (Phi) is 4.29. The average Bonchev–Trinajstić information content (AvgIpc) is 2.20. The van der Waals surface area contributed by atoms with Crippen LogP contribution in [0.15, 0.2) is 16.6 Å². The summed E-state index contributed by atoms with van der Waals surface area (Å²) in [5, 5.41) is 2.91. The highest BCUT2D eigenvalue weighted by Crippen LogP contribution is 2.23. The standard InChI is InChI=1S/C11H14BrFN2O/c1-7-4-8(12)9(13)5-10(7)14-6-11(16)15(2)3/h4-5,14H,6H2,1-3H3. The molecule has 1 aromatic carbocycles. The van der Waals surface area contributed by atoms with Crippen LogP contribution in [0.4, 0.5) is 10.1 Å². The second kappa shape index (κ2) is 5.30. The van der Waals surface area contributed by atoms with Gasteiger partial charge in [-0.2, -0.15) is 0 Å². The van der Waals surface area contributed by atoms with Gasteiger partial charge in [-0.1, -0.05) is 0 Å². The van der Waals surface area contributed by atoms with Crippen molar-refractivity contribution in [2.45, 2.75) is 6.92 Å². The summed E-state index contributed by atoms with van der Waals surface area (Å²) in [7, 11) is 3.36. The number of aryl methyl sites for hydroxylation is 1. The normalized spacial score (nSPS) is 10.1. The minimum atomic E-state index is -0.342. The third kappa shape index (κ3) is 3.20. The SMILES string of the molecule is Cc1cc(Br)c(F)cc1NCC(=O)N(C)C. The van der Waals surface area contributed by atoms with Gasteiger partial charge in [0.05, 0.1) is 11.0 Å². The van der Waals surface area contributed by atoms with E-state index in [9.17, 15) is 9.18 Å². The highest BCUT2D eigenvalue weighted by Gasteiger charge is 2.07. The fraction of sp³-hybridized carbons (Fsp3) is 0.364. The molecule has 1 N–H and O–H groups in total. The van der Waals surface area contributed by atoms with Crippen LogP contribution in [0.3, 0.4) is 0 Å². The molecule has 0 saturated heterocycles. The Bertz CT molecular complexity index is 407. The van der Waals surface area contributed by atoms with Crippen LogP contribution in [0.1, 0.15) is 5.56 Å². The van der Waals surface area contributed by atoms with Crippen LogP contribution in [0.2, 0.25) is 0 Å². The number of hydrogen-bond donors (Lipinski definition) is 1. The zero-order valence-corrected chi connectivity index (χ0v) is 11.1. The minimum absolute atomic E-state index is 0.0530. The first kappa shape index (κ1) is 13.0. The summed E-state index contributed by atoms with van der Waals surface area (Å²) in [6.45, 7) is 2.02. The predicted octanol–water partition coefficient (Wildman–Crippen LogP) is 2.40. The Labute approximate surface area is 103 Å². The fourth-order valence-corrected chi connectivity index (χ4v) is 1.62. The van der Waals surface area contributed by atoms with Crippen LogP contribution in [-0.4, -0.2) is 31.4 Å². The van der Waals surface area contributed by atoms with Gasteiger partial charge in [-0.05, 0) is 40.5 Å². The molecule has 1 rings (SSSR count). The summed E-state index contributed by atoms with van der Waals surface area (Å²) >= 11 is 3.11. The van der Waals surface area contributed by atoms with Gasteiger partial charge >= 0.3 is 0 Å². The Morgan fingerprint density at radius 3 is 2.69 bits per heavy atom. The molecule has 0 unspecified atom stereocenters. The maximum absolute atomic E-state index is 13.3. The van der Waals surface area contributed by atoms with E-state index in [-0.39, 0.29) is 18.3 Å². The zero-order chi connectivity index (χ0) is 12.3. The summed E-state index contributed by atoms with van der Waals surface area (Å²) in [4.78, 5) is 12.8. The number of carbonyl (C=O) groups is 1. The molecule has 0 heterocycles. The minimum Gasteiger partial charge on any atom is -0.376 e. The summed E-state index contributed by atoms with van der Waals surface area (Å²) in [5.41, 5.74) is 1.52. The molecule has 0 atom stereocenters. The van der Waals surface area contributed by atoms with E-state index in [1.807, 2.05) is 6.92 Å². The Hall–Kier alpha value is -1.10. The van der Waals surface area contributed by atoms with Gasteiger partial charge in [0, 0.05) is 19.8 Å². The van der Waals surface area contributed by atoms with E-state index >= 15 is 0 Å². The molecule has 0 aliphatic carbocycles. The van der Waals surface area contributed by atoms with Crippen molar-refractivity contribution < 1.29 is 9.18 Å².